The summed E-state index contributed by atoms with van der Waals surface area (Å²) in [5.74, 6) is 0. The van der Waals surface area contributed by atoms with E-state index < -0.39 is 24.2 Å². The van der Waals surface area contributed by atoms with E-state index in [1.165, 1.54) is 4.90 Å². The molecule has 3 heteroatoms. The fourth-order valence-electron chi connectivity index (χ4n) is 8.62. The van der Waals surface area contributed by atoms with Crippen molar-refractivity contribution >= 4 is 60.9 Å². The Labute approximate surface area is 346 Å². The highest BCUT2D eigenvalue weighted by Gasteiger charge is 2.22. The predicted octanol–water partition coefficient (Wildman–Crippen LogP) is 15.5. The van der Waals surface area contributed by atoms with Crippen molar-refractivity contribution in [3.05, 3.63) is 211 Å². The zero-order chi connectivity index (χ0) is 45.1. The molecule has 2 heterocycles. The molecule has 0 spiro atoms. The van der Waals surface area contributed by atoms with E-state index in [0.29, 0.717) is 45.4 Å². The van der Waals surface area contributed by atoms with Crippen molar-refractivity contribution in [2.45, 2.75) is 6.42 Å². The van der Waals surface area contributed by atoms with E-state index in [4.69, 9.17) is 8.83 Å². The molecule has 2 aromatic heterocycles. The zero-order valence-corrected chi connectivity index (χ0v) is 30.9. The molecule has 0 bridgehead atoms. The van der Waals surface area contributed by atoms with Crippen molar-refractivity contribution in [3.8, 4) is 44.5 Å². The van der Waals surface area contributed by atoms with Gasteiger partial charge in [-0.25, -0.2) is 0 Å². The number of fused-ring (bicyclic) bond motifs is 9. The van der Waals surface area contributed by atoms with E-state index >= 15 is 0 Å². The highest BCUT2D eigenvalue weighted by atomic mass is 16.3. The van der Waals surface area contributed by atoms with Gasteiger partial charge in [-0.1, -0.05) is 145 Å². The average molecular weight is 750 g/mol. The van der Waals surface area contributed by atoms with Crippen molar-refractivity contribution in [1.29, 1.82) is 0 Å². The summed E-state index contributed by atoms with van der Waals surface area (Å²) >= 11 is 0. The summed E-state index contributed by atoms with van der Waals surface area (Å²) in [7, 11) is 0. The van der Waals surface area contributed by atoms with Crippen LogP contribution in [0.25, 0.3) is 88.4 Å². The minimum absolute atomic E-state index is 0.0632. The van der Waals surface area contributed by atoms with Gasteiger partial charge < -0.3 is 13.7 Å². The van der Waals surface area contributed by atoms with E-state index in [-0.39, 0.29) is 46.7 Å². The maximum Gasteiger partial charge on any atom is 0.143 e. The first-order valence-electron chi connectivity index (χ1n) is 23.2. The van der Waals surface area contributed by atoms with Crippen LogP contribution in [0.5, 0.6) is 0 Å². The quantitative estimate of drug-likeness (QED) is 0.170. The predicted molar refractivity (Wildman–Crippen MR) is 240 cm³/mol. The van der Waals surface area contributed by atoms with Gasteiger partial charge in [0, 0.05) is 44.2 Å². The van der Waals surface area contributed by atoms with Crippen LogP contribution in [0.3, 0.4) is 0 Å². The van der Waals surface area contributed by atoms with Crippen LogP contribution in [0.4, 0.5) is 17.1 Å². The Hall–Kier alpha value is -7.62. The molecule has 0 radical (unpaired) electrons. The third kappa shape index (κ3) is 5.14. The van der Waals surface area contributed by atoms with Gasteiger partial charge in [-0.2, -0.15) is 0 Å². The first-order chi connectivity index (χ1) is 32.1. The van der Waals surface area contributed by atoms with Gasteiger partial charge in [0.1, 0.15) is 22.3 Å². The molecular weight excluding hydrogens is 707 g/mol. The van der Waals surface area contributed by atoms with E-state index in [9.17, 15) is 11.0 Å². The van der Waals surface area contributed by atoms with Crippen LogP contribution in [-0.2, 0) is 6.42 Å². The summed E-state index contributed by atoms with van der Waals surface area (Å²) in [6, 6.07) is 44.5. The lowest BCUT2D eigenvalue weighted by Gasteiger charge is -2.26. The molecule has 12 rings (SSSR count). The fourth-order valence-corrected chi connectivity index (χ4v) is 8.62. The van der Waals surface area contributed by atoms with Crippen LogP contribution in [0.1, 0.15) is 22.1 Å². The summed E-state index contributed by atoms with van der Waals surface area (Å²) < 4.78 is 89.7. The lowest BCUT2D eigenvalue weighted by molar-refractivity contribution is 0.669. The number of furan rings is 2. The second kappa shape index (κ2) is 13.0. The Balaban J connectivity index is 1.09. The maximum atomic E-state index is 9.72. The van der Waals surface area contributed by atoms with Gasteiger partial charge in [-0.15, -0.1) is 0 Å². The zero-order valence-electron chi connectivity index (χ0n) is 38.9. The molecule has 1 aliphatic carbocycles. The summed E-state index contributed by atoms with van der Waals surface area (Å²) in [6.45, 7) is 0. The van der Waals surface area contributed by atoms with Gasteiger partial charge in [0.05, 0.1) is 11.0 Å². The van der Waals surface area contributed by atoms with E-state index in [2.05, 4.69) is 6.07 Å². The Bertz CT molecular complexity index is 3800. The second-order valence-corrected chi connectivity index (χ2v) is 14.6. The van der Waals surface area contributed by atoms with Gasteiger partial charge in [0.15, 0.2) is 0 Å². The molecule has 3 nitrogen and oxygen atoms in total. The SMILES string of the molecule is [2H]c1c([2H])c(N(c2ccc(-c3cccc4c3oc3ccccc34)cc2)c2c([2H])c([2H])c(-c3cccc4oc5ccccc5c34)c([2H])c2[2H])c([2H])c([2H])c1-c1cccc2c1-c1ccccc1C2. The van der Waals surface area contributed by atoms with Crippen LogP contribution in [0, 0.1) is 0 Å². The van der Waals surface area contributed by atoms with Crippen molar-refractivity contribution in [1.82, 2.24) is 0 Å². The third-order valence-corrected chi connectivity index (χ3v) is 11.3. The molecule has 9 aromatic carbocycles. The molecule has 0 atom stereocenters. The molecule has 0 saturated heterocycles. The summed E-state index contributed by atoms with van der Waals surface area (Å²) in [5.41, 5.74) is 9.28. The normalized spacial score (nSPS) is 14.0. The van der Waals surface area contributed by atoms with Gasteiger partial charge in [-0.05, 0) is 111 Å². The van der Waals surface area contributed by atoms with Crippen molar-refractivity contribution < 1.29 is 19.8 Å². The lowest BCUT2D eigenvalue weighted by atomic mass is 9.94. The Morgan fingerprint density at radius 2 is 0.931 bits per heavy atom. The van der Waals surface area contributed by atoms with Crippen LogP contribution in [-0.4, -0.2) is 0 Å². The summed E-state index contributed by atoms with van der Waals surface area (Å²) in [5, 5.41) is 3.35. The molecule has 0 saturated carbocycles. The fraction of sp³-hybridized carbons (Fsp3) is 0.0182. The van der Waals surface area contributed by atoms with E-state index in [1.807, 2.05) is 115 Å². The van der Waals surface area contributed by atoms with Crippen molar-refractivity contribution in [3.63, 3.8) is 0 Å². The number of anilines is 3. The number of nitrogens with zero attached hydrogens (tertiary/aromatic N) is 1. The monoisotopic (exact) mass is 749 g/mol. The standard InChI is InChI=1S/C55H35NO2/c1-2-12-45-38(10-1)34-39-11-7-15-43(53(39)45)35-22-28-40(29-23-35)56(41-30-24-36(25-31-41)44-16-9-21-52-54(44)49-14-4-6-20-51(49)57-52)42-32-26-37(27-33-42)46-17-8-18-48-47-13-3-5-19-50(47)58-55(46)48/h1-33H,34H2/i22D,23D,24D,25D,28D,29D,30D,31D. The number of benzene rings is 9. The first kappa shape index (κ1) is 25.5. The summed E-state index contributed by atoms with van der Waals surface area (Å²) in [4.78, 5) is 1.35. The van der Waals surface area contributed by atoms with Gasteiger partial charge in [-0.3, -0.25) is 0 Å². The first-order valence-corrected chi connectivity index (χ1v) is 19.2. The third-order valence-electron chi connectivity index (χ3n) is 11.3. The second-order valence-electron chi connectivity index (χ2n) is 14.6. The molecule has 0 N–H and O–H groups in total. The van der Waals surface area contributed by atoms with Crippen LogP contribution >= 0.6 is 0 Å². The smallest absolute Gasteiger partial charge is 0.143 e. The lowest BCUT2D eigenvalue weighted by Crippen LogP contribution is -2.09. The molecule has 1 aliphatic rings. The van der Waals surface area contributed by atoms with E-state index in [0.717, 1.165) is 55.1 Å². The number of hydrogen-bond donors (Lipinski definition) is 0. The van der Waals surface area contributed by atoms with Crippen LogP contribution in [0.2, 0.25) is 0 Å². The van der Waals surface area contributed by atoms with Crippen LogP contribution in [0.15, 0.2) is 209 Å². The maximum absolute atomic E-state index is 9.72. The minimum Gasteiger partial charge on any atom is -0.456 e. The molecule has 11 aromatic rings. The largest absolute Gasteiger partial charge is 0.456 e. The van der Waals surface area contributed by atoms with Crippen molar-refractivity contribution in [2.75, 3.05) is 4.90 Å². The average Bonchev–Trinajstić information content (AvgIpc) is 4.05. The molecular formula is C55H35NO2. The molecule has 0 amide bonds. The highest BCUT2D eigenvalue weighted by molar-refractivity contribution is 6.12. The van der Waals surface area contributed by atoms with Crippen molar-refractivity contribution in [2.24, 2.45) is 0 Å². The molecule has 272 valence electrons. The van der Waals surface area contributed by atoms with E-state index in [1.54, 1.807) is 30.3 Å². The van der Waals surface area contributed by atoms with Crippen LogP contribution < -0.4 is 4.90 Å². The number of hydrogen-bond acceptors (Lipinski definition) is 3. The Morgan fingerprint density at radius 3 is 1.72 bits per heavy atom. The molecule has 0 aliphatic heterocycles. The Kier molecular flexibility index (Phi) is 5.71. The van der Waals surface area contributed by atoms with Gasteiger partial charge in [0.25, 0.3) is 0 Å². The highest BCUT2D eigenvalue weighted by Crippen LogP contribution is 2.45. The Morgan fingerprint density at radius 1 is 0.379 bits per heavy atom. The minimum atomic E-state index is -0.426. The van der Waals surface area contributed by atoms with Gasteiger partial charge in [0.2, 0.25) is 0 Å². The molecule has 0 unspecified atom stereocenters. The van der Waals surface area contributed by atoms with Gasteiger partial charge >= 0.3 is 0 Å². The summed E-state index contributed by atoms with van der Waals surface area (Å²) in [6.07, 6.45) is 0.680. The topological polar surface area (TPSA) is 29.5 Å². The number of rotatable bonds is 6. The number of para-hydroxylation sites is 3. The molecule has 58 heavy (non-hydrogen) atoms. The molecule has 0 fully saturated rings.